The molecule has 0 spiro atoms. The van der Waals surface area contributed by atoms with Crippen molar-refractivity contribution in [3.8, 4) is 5.75 Å². The maximum Gasteiger partial charge on any atom is 0.239 e. The van der Waals surface area contributed by atoms with Gasteiger partial charge < -0.3 is 20.7 Å². The number of nitrogens with zero attached hydrogens (tertiary/aromatic N) is 2. The average Bonchev–Trinajstić information content (AvgIpc) is 2.41. The summed E-state index contributed by atoms with van der Waals surface area (Å²) in [6, 6.07) is 0.110. The van der Waals surface area contributed by atoms with Crippen LogP contribution in [0.25, 0.3) is 0 Å². The van der Waals surface area contributed by atoms with E-state index in [1.165, 1.54) is 6.33 Å². The second-order valence-corrected chi connectivity index (χ2v) is 4.61. The topological polar surface area (TPSA) is 88.2 Å². The van der Waals surface area contributed by atoms with Gasteiger partial charge in [-0.1, -0.05) is 6.92 Å². The molecule has 0 fully saturated rings. The molecule has 0 aliphatic rings. The first-order chi connectivity index (χ1) is 9.58. The number of hydrogen-bond donors (Lipinski definition) is 3. The van der Waals surface area contributed by atoms with Crippen LogP contribution in [0.5, 0.6) is 5.75 Å². The normalized spacial score (nSPS) is 10.2. The Kier molecular flexibility index (Phi) is 6.55. The fourth-order valence-electron chi connectivity index (χ4n) is 1.60. The van der Waals surface area contributed by atoms with Gasteiger partial charge in [0, 0.05) is 12.6 Å². The van der Waals surface area contributed by atoms with Gasteiger partial charge in [-0.3, -0.25) is 4.79 Å². The van der Waals surface area contributed by atoms with Crippen LogP contribution in [0.1, 0.15) is 27.2 Å². The summed E-state index contributed by atoms with van der Waals surface area (Å²) >= 11 is 0. The van der Waals surface area contributed by atoms with Crippen molar-refractivity contribution in [1.29, 1.82) is 0 Å². The zero-order valence-electron chi connectivity index (χ0n) is 12.5. The maximum absolute atomic E-state index is 11.6. The molecule has 1 rings (SSSR count). The molecule has 0 saturated heterocycles. The number of carbonyl (C=O) groups excluding carboxylic acids is 1. The third-order valence-electron chi connectivity index (χ3n) is 2.42. The highest BCUT2D eigenvalue weighted by molar-refractivity contribution is 5.81. The molecule has 0 atom stereocenters. The van der Waals surface area contributed by atoms with Crippen molar-refractivity contribution in [1.82, 2.24) is 15.3 Å². The van der Waals surface area contributed by atoms with Crippen molar-refractivity contribution >= 4 is 17.5 Å². The summed E-state index contributed by atoms with van der Waals surface area (Å²) in [5, 5.41) is 8.91. The molecule has 0 aliphatic carbocycles. The van der Waals surface area contributed by atoms with Gasteiger partial charge >= 0.3 is 0 Å². The van der Waals surface area contributed by atoms with E-state index in [1.54, 1.807) is 7.11 Å². The highest BCUT2D eigenvalue weighted by Crippen LogP contribution is 2.28. The van der Waals surface area contributed by atoms with E-state index in [1.807, 2.05) is 13.8 Å². The Hall–Kier alpha value is -2.05. The SMILES string of the molecule is CCCNc1ncnc(NCC(=O)NC(C)C)c1OC. The van der Waals surface area contributed by atoms with Gasteiger partial charge in [0.05, 0.1) is 13.7 Å². The van der Waals surface area contributed by atoms with Crippen LogP contribution in [-0.4, -0.2) is 42.1 Å². The summed E-state index contributed by atoms with van der Waals surface area (Å²) in [6.45, 7) is 6.82. The molecule has 0 aliphatic heterocycles. The molecule has 20 heavy (non-hydrogen) atoms. The molecular formula is C13H23N5O2. The molecular weight excluding hydrogens is 258 g/mol. The van der Waals surface area contributed by atoms with Gasteiger partial charge in [-0.15, -0.1) is 0 Å². The minimum absolute atomic E-state index is 0.0938. The summed E-state index contributed by atoms with van der Waals surface area (Å²) in [5.41, 5.74) is 0. The largest absolute Gasteiger partial charge is 0.490 e. The fraction of sp³-hybridized carbons (Fsp3) is 0.615. The number of hydrogen-bond acceptors (Lipinski definition) is 6. The van der Waals surface area contributed by atoms with E-state index >= 15 is 0 Å². The first-order valence-corrected chi connectivity index (χ1v) is 6.74. The molecule has 7 heteroatoms. The molecule has 1 aromatic heterocycles. The molecule has 7 nitrogen and oxygen atoms in total. The van der Waals surface area contributed by atoms with Gasteiger partial charge in [0.2, 0.25) is 11.7 Å². The molecule has 0 radical (unpaired) electrons. The minimum Gasteiger partial charge on any atom is -0.490 e. The van der Waals surface area contributed by atoms with Gasteiger partial charge in [-0.2, -0.15) is 0 Å². The van der Waals surface area contributed by atoms with Crippen molar-refractivity contribution in [3.63, 3.8) is 0 Å². The predicted molar refractivity (Wildman–Crippen MR) is 79.1 cm³/mol. The summed E-state index contributed by atoms with van der Waals surface area (Å²) in [5.74, 6) is 1.54. The van der Waals surface area contributed by atoms with E-state index in [2.05, 4.69) is 32.8 Å². The zero-order chi connectivity index (χ0) is 15.0. The van der Waals surface area contributed by atoms with E-state index in [0.717, 1.165) is 13.0 Å². The summed E-state index contributed by atoms with van der Waals surface area (Å²) in [7, 11) is 1.55. The highest BCUT2D eigenvalue weighted by Gasteiger charge is 2.12. The summed E-state index contributed by atoms with van der Waals surface area (Å²) in [6.07, 6.45) is 2.41. The third-order valence-corrected chi connectivity index (χ3v) is 2.42. The lowest BCUT2D eigenvalue weighted by Gasteiger charge is -2.14. The number of methoxy groups -OCH3 is 1. The van der Waals surface area contributed by atoms with Crippen LogP contribution in [0.2, 0.25) is 0 Å². The number of aromatic nitrogens is 2. The predicted octanol–water partition coefficient (Wildman–Crippen LogP) is 1.24. The van der Waals surface area contributed by atoms with Crippen molar-refractivity contribution in [2.75, 3.05) is 30.8 Å². The van der Waals surface area contributed by atoms with Crippen LogP contribution in [0, 0.1) is 0 Å². The van der Waals surface area contributed by atoms with Crippen LogP contribution in [0.15, 0.2) is 6.33 Å². The van der Waals surface area contributed by atoms with Crippen LogP contribution in [0.3, 0.4) is 0 Å². The van der Waals surface area contributed by atoms with Gasteiger partial charge in [0.15, 0.2) is 11.6 Å². The number of ether oxygens (including phenoxy) is 1. The first kappa shape index (κ1) is 16.0. The van der Waals surface area contributed by atoms with E-state index in [9.17, 15) is 4.79 Å². The van der Waals surface area contributed by atoms with Crippen LogP contribution in [0.4, 0.5) is 11.6 Å². The number of nitrogens with one attached hydrogen (secondary N) is 3. The quantitative estimate of drug-likeness (QED) is 0.664. The number of rotatable bonds is 8. The maximum atomic E-state index is 11.6. The summed E-state index contributed by atoms with van der Waals surface area (Å²) in [4.78, 5) is 19.8. The molecule has 0 saturated carbocycles. The van der Waals surface area contributed by atoms with Crippen molar-refractivity contribution in [3.05, 3.63) is 6.33 Å². The smallest absolute Gasteiger partial charge is 0.239 e. The molecule has 1 amide bonds. The van der Waals surface area contributed by atoms with Gasteiger partial charge in [0.25, 0.3) is 0 Å². The van der Waals surface area contributed by atoms with E-state index in [4.69, 9.17) is 4.74 Å². The van der Waals surface area contributed by atoms with E-state index < -0.39 is 0 Å². The highest BCUT2D eigenvalue weighted by atomic mass is 16.5. The van der Waals surface area contributed by atoms with Crippen LogP contribution in [-0.2, 0) is 4.79 Å². The van der Waals surface area contributed by atoms with Gasteiger partial charge in [-0.25, -0.2) is 9.97 Å². The molecule has 1 heterocycles. The number of amides is 1. The van der Waals surface area contributed by atoms with Crippen molar-refractivity contribution < 1.29 is 9.53 Å². The third kappa shape index (κ3) is 4.91. The Morgan fingerprint density at radius 1 is 1.30 bits per heavy atom. The molecule has 112 valence electrons. The molecule has 0 aromatic carbocycles. The van der Waals surface area contributed by atoms with E-state index in [-0.39, 0.29) is 18.5 Å². The standard InChI is InChI=1S/C13H23N5O2/c1-5-6-14-12-11(20-4)13(17-8-16-12)15-7-10(19)18-9(2)3/h8-9H,5-7H2,1-4H3,(H,18,19)(H2,14,15,16,17). The first-order valence-electron chi connectivity index (χ1n) is 6.74. The number of anilines is 2. The monoisotopic (exact) mass is 281 g/mol. The Balaban J connectivity index is 2.71. The Morgan fingerprint density at radius 3 is 2.50 bits per heavy atom. The molecule has 0 unspecified atom stereocenters. The lowest BCUT2D eigenvalue weighted by Crippen LogP contribution is -2.35. The minimum atomic E-state index is -0.0938. The molecule has 1 aromatic rings. The van der Waals surface area contributed by atoms with Crippen molar-refractivity contribution in [2.24, 2.45) is 0 Å². The Bertz CT molecular complexity index is 437. The average molecular weight is 281 g/mol. The van der Waals surface area contributed by atoms with Gasteiger partial charge in [-0.05, 0) is 20.3 Å². The zero-order valence-corrected chi connectivity index (χ0v) is 12.5. The molecule has 3 N–H and O–H groups in total. The lowest BCUT2D eigenvalue weighted by molar-refractivity contribution is -0.119. The lowest BCUT2D eigenvalue weighted by atomic mass is 10.4. The van der Waals surface area contributed by atoms with Crippen LogP contribution < -0.4 is 20.7 Å². The second kappa shape index (κ2) is 8.19. The number of carbonyl (C=O) groups is 1. The Morgan fingerprint density at radius 2 is 1.95 bits per heavy atom. The fourth-order valence-corrected chi connectivity index (χ4v) is 1.60. The van der Waals surface area contributed by atoms with Crippen molar-refractivity contribution in [2.45, 2.75) is 33.2 Å². The van der Waals surface area contributed by atoms with E-state index in [0.29, 0.717) is 17.4 Å². The second-order valence-electron chi connectivity index (χ2n) is 4.61. The summed E-state index contributed by atoms with van der Waals surface area (Å²) < 4.78 is 5.31. The molecule has 0 bridgehead atoms. The van der Waals surface area contributed by atoms with Crippen LogP contribution >= 0.6 is 0 Å². The Labute approximate surface area is 119 Å². The van der Waals surface area contributed by atoms with Gasteiger partial charge in [0.1, 0.15) is 6.33 Å².